The van der Waals surface area contributed by atoms with E-state index in [9.17, 15) is 9.59 Å². The van der Waals surface area contributed by atoms with Gasteiger partial charge in [-0.2, -0.15) is 5.26 Å². The van der Waals surface area contributed by atoms with Crippen LogP contribution in [0, 0.1) is 16.7 Å². The Morgan fingerprint density at radius 3 is 2.80 bits per heavy atom. The first-order valence-corrected chi connectivity index (χ1v) is 7.10. The van der Waals surface area contributed by atoms with Crippen LogP contribution in [-0.4, -0.2) is 31.6 Å². The number of amides is 2. The van der Waals surface area contributed by atoms with Gasteiger partial charge in [0, 0.05) is 19.8 Å². The lowest BCUT2D eigenvalue weighted by molar-refractivity contribution is -0.132. The first-order valence-electron chi connectivity index (χ1n) is 6.22. The Kier molecular flexibility index (Phi) is 4.37. The number of ether oxygens (including phenoxy) is 1. The maximum Gasteiger partial charge on any atom is 0.262 e. The van der Waals surface area contributed by atoms with E-state index in [0.29, 0.717) is 36.5 Å². The number of nitriles is 1. The van der Waals surface area contributed by atoms with E-state index in [-0.39, 0.29) is 12.5 Å². The second-order valence-electron chi connectivity index (χ2n) is 4.71. The molecular weight excluding hydrogens is 278 g/mol. The summed E-state index contributed by atoms with van der Waals surface area (Å²) in [5, 5.41) is 13.3. The van der Waals surface area contributed by atoms with Crippen LogP contribution in [0.15, 0.2) is 11.4 Å². The fourth-order valence-corrected chi connectivity index (χ4v) is 2.94. The summed E-state index contributed by atoms with van der Waals surface area (Å²) < 4.78 is 5.23. The summed E-state index contributed by atoms with van der Waals surface area (Å²) in [7, 11) is 0. The number of nitrogens with two attached hydrogens (primary N) is 1. The summed E-state index contributed by atoms with van der Waals surface area (Å²) in [4.78, 5) is 24.1. The second-order valence-corrected chi connectivity index (χ2v) is 5.63. The van der Waals surface area contributed by atoms with E-state index in [0.717, 1.165) is 0 Å². The normalized spacial score (nSPS) is 17.1. The van der Waals surface area contributed by atoms with Crippen molar-refractivity contribution in [2.24, 2.45) is 11.1 Å². The lowest BCUT2D eigenvalue weighted by Gasteiger charge is -2.34. The Hall–Kier alpha value is -1.91. The number of hydrogen-bond donors (Lipinski definition) is 2. The summed E-state index contributed by atoms with van der Waals surface area (Å²) in [6, 6.07) is 3.56. The number of carbonyl (C=O) groups is 2. The molecule has 2 heterocycles. The zero-order valence-corrected chi connectivity index (χ0v) is 11.7. The van der Waals surface area contributed by atoms with E-state index in [4.69, 9.17) is 15.7 Å². The largest absolute Gasteiger partial charge is 0.381 e. The fraction of sp³-hybridized carbons (Fsp3) is 0.462. The highest BCUT2D eigenvalue weighted by Crippen LogP contribution is 2.29. The van der Waals surface area contributed by atoms with E-state index >= 15 is 0 Å². The first kappa shape index (κ1) is 14.5. The average Bonchev–Trinajstić information content (AvgIpc) is 2.94. The van der Waals surface area contributed by atoms with Gasteiger partial charge >= 0.3 is 0 Å². The molecular formula is C13H15N3O3S. The number of hydrogen-bond acceptors (Lipinski definition) is 5. The van der Waals surface area contributed by atoms with E-state index in [1.807, 2.05) is 6.07 Å². The summed E-state index contributed by atoms with van der Waals surface area (Å²) in [5.74, 6) is -0.767. The number of nitrogens with one attached hydrogen (secondary N) is 1. The molecule has 3 N–H and O–H groups in total. The molecule has 1 aromatic rings. The fourth-order valence-electron chi connectivity index (χ4n) is 2.18. The van der Waals surface area contributed by atoms with Gasteiger partial charge in [0.1, 0.15) is 10.9 Å². The van der Waals surface area contributed by atoms with Crippen LogP contribution in [0.25, 0.3) is 0 Å². The molecule has 0 saturated carbocycles. The molecule has 0 spiro atoms. The van der Waals surface area contributed by atoms with Crippen LogP contribution in [0.3, 0.4) is 0 Å². The quantitative estimate of drug-likeness (QED) is 0.849. The van der Waals surface area contributed by atoms with Crippen molar-refractivity contribution in [1.29, 1.82) is 5.26 Å². The van der Waals surface area contributed by atoms with Crippen LogP contribution in [0.5, 0.6) is 0 Å². The zero-order valence-electron chi connectivity index (χ0n) is 10.8. The van der Waals surface area contributed by atoms with Crippen molar-refractivity contribution in [2.45, 2.75) is 12.8 Å². The standard InChI is InChI=1S/C13H15N3O3S/c14-7-9-1-6-20-10(9)11(17)16-8-13(12(15)18)2-4-19-5-3-13/h1,6H,2-5,8H2,(H2,15,18)(H,16,17). The molecule has 0 bridgehead atoms. The molecule has 0 radical (unpaired) electrons. The van der Waals surface area contributed by atoms with Gasteiger partial charge in [-0.25, -0.2) is 0 Å². The minimum absolute atomic E-state index is 0.174. The molecule has 1 saturated heterocycles. The molecule has 1 aromatic heterocycles. The summed E-state index contributed by atoms with van der Waals surface area (Å²) in [5.41, 5.74) is 5.06. The number of rotatable bonds is 4. The second kappa shape index (κ2) is 6.03. The van der Waals surface area contributed by atoms with Gasteiger partial charge in [-0.05, 0) is 24.3 Å². The molecule has 0 aromatic carbocycles. The third-order valence-electron chi connectivity index (χ3n) is 3.55. The van der Waals surface area contributed by atoms with Gasteiger partial charge in [0.25, 0.3) is 5.91 Å². The van der Waals surface area contributed by atoms with Crippen molar-refractivity contribution in [2.75, 3.05) is 19.8 Å². The number of carbonyl (C=O) groups excluding carboxylic acids is 2. The van der Waals surface area contributed by atoms with Gasteiger partial charge in [0.2, 0.25) is 5.91 Å². The van der Waals surface area contributed by atoms with Gasteiger partial charge in [0.15, 0.2) is 0 Å². The third kappa shape index (κ3) is 2.81. The van der Waals surface area contributed by atoms with E-state index in [2.05, 4.69) is 5.32 Å². The minimum atomic E-state index is -0.752. The lowest BCUT2D eigenvalue weighted by Crippen LogP contribution is -2.49. The molecule has 2 rings (SSSR count). The summed E-state index contributed by atoms with van der Waals surface area (Å²) in [6.45, 7) is 1.09. The Morgan fingerprint density at radius 1 is 1.50 bits per heavy atom. The monoisotopic (exact) mass is 293 g/mol. The average molecular weight is 293 g/mol. The van der Waals surface area contributed by atoms with Crippen LogP contribution < -0.4 is 11.1 Å². The van der Waals surface area contributed by atoms with Gasteiger partial charge < -0.3 is 15.8 Å². The predicted octanol–water partition coefficient (Wildman–Crippen LogP) is 0.632. The van der Waals surface area contributed by atoms with E-state index < -0.39 is 11.3 Å². The van der Waals surface area contributed by atoms with Crippen molar-refractivity contribution in [1.82, 2.24) is 5.32 Å². The molecule has 6 nitrogen and oxygen atoms in total. The van der Waals surface area contributed by atoms with Crippen molar-refractivity contribution in [3.63, 3.8) is 0 Å². The molecule has 1 aliphatic rings. The molecule has 20 heavy (non-hydrogen) atoms. The Bertz CT molecular complexity index is 555. The van der Waals surface area contributed by atoms with Gasteiger partial charge in [0.05, 0.1) is 11.0 Å². The van der Waals surface area contributed by atoms with Crippen molar-refractivity contribution < 1.29 is 14.3 Å². The number of primary amides is 1. The molecule has 7 heteroatoms. The smallest absolute Gasteiger partial charge is 0.262 e. The zero-order chi connectivity index (χ0) is 14.6. The Labute approximate surface area is 120 Å². The third-order valence-corrected chi connectivity index (χ3v) is 4.47. The van der Waals surface area contributed by atoms with Crippen LogP contribution in [-0.2, 0) is 9.53 Å². The number of thiophene rings is 1. The maximum atomic E-state index is 12.1. The van der Waals surface area contributed by atoms with Gasteiger partial charge in [-0.3, -0.25) is 9.59 Å². The Balaban J connectivity index is 2.05. The highest BCUT2D eigenvalue weighted by atomic mass is 32.1. The van der Waals surface area contributed by atoms with Crippen LogP contribution in [0.4, 0.5) is 0 Å². The molecule has 1 aliphatic heterocycles. The highest BCUT2D eigenvalue weighted by Gasteiger charge is 2.38. The molecule has 2 amide bonds. The molecule has 0 unspecified atom stereocenters. The molecule has 1 fully saturated rings. The first-order chi connectivity index (χ1) is 9.59. The molecule has 0 aliphatic carbocycles. The van der Waals surface area contributed by atoms with E-state index in [1.165, 1.54) is 11.3 Å². The minimum Gasteiger partial charge on any atom is -0.381 e. The van der Waals surface area contributed by atoms with Gasteiger partial charge in [-0.15, -0.1) is 11.3 Å². The van der Waals surface area contributed by atoms with Crippen molar-refractivity contribution in [3.05, 3.63) is 21.9 Å². The van der Waals surface area contributed by atoms with Crippen molar-refractivity contribution in [3.8, 4) is 6.07 Å². The molecule has 106 valence electrons. The summed E-state index contributed by atoms with van der Waals surface area (Å²) in [6.07, 6.45) is 0.996. The SMILES string of the molecule is N#Cc1ccsc1C(=O)NCC1(C(N)=O)CCOCC1. The maximum absolute atomic E-state index is 12.1. The lowest BCUT2D eigenvalue weighted by atomic mass is 9.79. The Morgan fingerprint density at radius 2 is 2.20 bits per heavy atom. The van der Waals surface area contributed by atoms with Crippen LogP contribution >= 0.6 is 11.3 Å². The highest BCUT2D eigenvalue weighted by molar-refractivity contribution is 7.12. The van der Waals surface area contributed by atoms with Crippen LogP contribution in [0.2, 0.25) is 0 Å². The molecule has 0 atom stereocenters. The number of nitrogens with zero attached hydrogens (tertiary/aromatic N) is 1. The summed E-state index contributed by atoms with van der Waals surface area (Å²) >= 11 is 1.20. The van der Waals surface area contributed by atoms with Crippen molar-refractivity contribution >= 4 is 23.2 Å². The van der Waals surface area contributed by atoms with E-state index in [1.54, 1.807) is 11.4 Å². The van der Waals surface area contributed by atoms with Crippen LogP contribution in [0.1, 0.15) is 28.1 Å². The topological polar surface area (TPSA) is 105 Å². The van der Waals surface area contributed by atoms with Gasteiger partial charge in [-0.1, -0.05) is 0 Å². The predicted molar refractivity (Wildman–Crippen MR) is 73.0 cm³/mol.